The minimum atomic E-state index is 0.893. The molecule has 0 amide bonds. The smallest absolute Gasteiger partial charge is 0.118 e. The van der Waals surface area contributed by atoms with Crippen molar-refractivity contribution in [3.63, 3.8) is 0 Å². The molecule has 0 aliphatic carbocycles. The van der Waals surface area contributed by atoms with Crippen LogP contribution >= 0.6 is 15.9 Å². The number of hydrogen-bond acceptors (Lipinski definition) is 2. The van der Waals surface area contributed by atoms with Gasteiger partial charge in [-0.2, -0.15) is 5.10 Å². The van der Waals surface area contributed by atoms with Crippen LogP contribution in [0.2, 0.25) is 0 Å². The van der Waals surface area contributed by atoms with Crippen LogP contribution in [0.1, 0.15) is 17.0 Å². The molecule has 0 spiro atoms. The Hall–Kier alpha value is -1.29. The van der Waals surface area contributed by atoms with Crippen LogP contribution in [-0.4, -0.2) is 16.9 Å². The van der Waals surface area contributed by atoms with Gasteiger partial charge in [0.15, 0.2) is 0 Å². The summed E-state index contributed by atoms with van der Waals surface area (Å²) in [5.41, 5.74) is 3.52. The van der Waals surface area contributed by atoms with Crippen molar-refractivity contribution in [2.45, 2.75) is 26.8 Å². The highest BCUT2D eigenvalue weighted by Crippen LogP contribution is 2.20. The predicted octanol–water partition coefficient (Wildman–Crippen LogP) is 3.51. The highest BCUT2D eigenvalue weighted by Gasteiger charge is 2.08. The number of halogens is 1. The van der Waals surface area contributed by atoms with E-state index in [0.29, 0.717) is 0 Å². The number of hydrogen-bond donors (Lipinski definition) is 0. The van der Waals surface area contributed by atoms with Crippen molar-refractivity contribution in [3.05, 3.63) is 45.7 Å². The molecule has 0 aliphatic heterocycles. The second-order valence-electron chi connectivity index (χ2n) is 4.31. The maximum absolute atomic E-state index is 5.15. The molecular formula is C14H17BrN2O. The van der Waals surface area contributed by atoms with Gasteiger partial charge in [0, 0.05) is 12.2 Å². The molecule has 0 saturated carbocycles. The molecule has 0 aliphatic rings. The topological polar surface area (TPSA) is 27.1 Å². The summed E-state index contributed by atoms with van der Waals surface area (Å²) < 4.78 is 8.30. The average Bonchev–Trinajstić information content (AvgIpc) is 2.64. The van der Waals surface area contributed by atoms with Gasteiger partial charge in [0.1, 0.15) is 5.75 Å². The second-order valence-corrected chi connectivity index (χ2v) is 5.10. The molecule has 1 aromatic heterocycles. The first-order valence-corrected chi connectivity index (χ1v) is 6.73. The van der Waals surface area contributed by atoms with Crippen LogP contribution in [0.3, 0.4) is 0 Å². The molecule has 2 aromatic rings. The van der Waals surface area contributed by atoms with Gasteiger partial charge in [-0.25, -0.2) is 0 Å². The van der Waals surface area contributed by atoms with Crippen LogP contribution in [0.5, 0.6) is 5.75 Å². The quantitative estimate of drug-likeness (QED) is 0.864. The van der Waals surface area contributed by atoms with Crippen molar-refractivity contribution in [2.24, 2.45) is 0 Å². The standard InChI is InChI=1S/C14H17BrN2O/c1-10-14(15)11(2)17(16-10)9-8-12-4-6-13(18-3)7-5-12/h4-7H,8-9H2,1-3H3. The van der Waals surface area contributed by atoms with Crippen molar-refractivity contribution >= 4 is 15.9 Å². The Balaban J connectivity index is 2.04. The molecule has 0 atom stereocenters. The summed E-state index contributed by atoms with van der Waals surface area (Å²) in [5.74, 6) is 0.896. The largest absolute Gasteiger partial charge is 0.497 e. The minimum Gasteiger partial charge on any atom is -0.497 e. The molecule has 4 heteroatoms. The molecule has 1 heterocycles. The first kappa shape index (κ1) is 13.1. The van der Waals surface area contributed by atoms with Crippen LogP contribution < -0.4 is 4.74 Å². The number of aromatic nitrogens is 2. The molecule has 0 fully saturated rings. The Morgan fingerprint density at radius 3 is 2.39 bits per heavy atom. The molecule has 18 heavy (non-hydrogen) atoms. The van der Waals surface area contributed by atoms with E-state index in [1.54, 1.807) is 7.11 Å². The number of aryl methyl sites for hydroxylation is 3. The third-order valence-electron chi connectivity index (χ3n) is 3.06. The molecule has 0 radical (unpaired) electrons. The molecule has 96 valence electrons. The monoisotopic (exact) mass is 308 g/mol. The van der Waals surface area contributed by atoms with E-state index in [0.717, 1.165) is 28.9 Å². The first-order valence-electron chi connectivity index (χ1n) is 5.94. The Morgan fingerprint density at radius 1 is 1.22 bits per heavy atom. The molecule has 0 N–H and O–H groups in total. The van der Waals surface area contributed by atoms with Gasteiger partial charge in [-0.1, -0.05) is 12.1 Å². The second kappa shape index (κ2) is 5.57. The van der Waals surface area contributed by atoms with Gasteiger partial charge in [0.25, 0.3) is 0 Å². The van der Waals surface area contributed by atoms with E-state index in [2.05, 4.69) is 40.1 Å². The molecular weight excluding hydrogens is 292 g/mol. The number of nitrogens with zero attached hydrogens (tertiary/aromatic N) is 2. The van der Waals surface area contributed by atoms with Crippen molar-refractivity contribution in [3.8, 4) is 5.75 Å². The lowest BCUT2D eigenvalue weighted by Gasteiger charge is -2.06. The Labute approximate surface area is 116 Å². The fraction of sp³-hybridized carbons (Fsp3) is 0.357. The van der Waals surface area contributed by atoms with Crippen LogP contribution in [0.4, 0.5) is 0 Å². The summed E-state index contributed by atoms with van der Waals surface area (Å²) in [6, 6.07) is 8.18. The third-order valence-corrected chi connectivity index (χ3v) is 4.21. The van der Waals surface area contributed by atoms with E-state index in [1.807, 2.05) is 23.7 Å². The van der Waals surface area contributed by atoms with Gasteiger partial charge in [-0.15, -0.1) is 0 Å². The predicted molar refractivity (Wildman–Crippen MR) is 76.1 cm³/mol. The van der Waals surface area contributed by atoms with Gasteiger partial charge in [-0.05, 0) is 53.9 Å². The van der Waals surface area contributed by atoms with Gasteiger partial charge in [-0.3, -0.25) is 4.68 Å². The highest BCUT2D eigenvalue weighted by atomic mass is 79.9. The minimum absolute atomic E-state index is 0.893. The lowest BCUT2D eigenvalue weighted by Crippen LogP contribution is -2.05. The van der Waals surface area contributed by atoms with Crippen LogP contribution in [0, 0.1) is 13.8 Å². The number of rotatable bonds is 4. The van der Waals surface area contributed by atoms with Gasteiger partial charge < -0.3 is 4.74 Å². The summed E-state index contributed by atoms with van der Waals surface area (Å²) in [6.45, 7) is 4.99. The van der Waals surface area contributed by atoms with E-state index in [9.17, 15) is 0 Å². The summed E-state index contributed by atoms with van der Waals surface area (Å²) in [7, 11) is 1.68. The van der Waals surface area contributed by atoms with Crippen LogP contribution in [0.25, 0.3) is 0 Å². The third kappa shape index (κ3) is 2.75. The van der Waals surface area contributed by atoms with E-state index < -0.39 is 0 Å². The fourth-order valence-electron chi connectivity index (χ4n) is 1.92. The van der Waals surface area contributed by atoms with E-state index >= 15 is 0 Å². The van der Waals surface area contributed by atoms with Crippen molar-refractivity contribution in [2.75, 3.05) is 7.11 Å². The number of benzene rings is 1. The zero-order valence-corrected chi connectivity index (χ0v) is 12.5. The zero-order valence-electron chi connectivity index (χ0n) is 10.9. The molecule has 0 saturated heterocycles. The molecule has 3 nitrogen and oxygen atoms in total. The van der Waals surface area contributed by atoms with E-state index in [1.165, 1.54) is 11.3 Å². The molecule has 2 rings (SSSR count). The van der Waals surface area contributed by atoms with Gasteiger partial charge in [0.05, 0.1) is 17.3 Å². The summed E-state index contributed by atoms with van der Waals surface area (Å²) in [4.78, 5) is 0. The maximum Gasteiger partial charge on any atom is 0.118 e. The highest BCUT2D eigenvalue weighted by molar-refractivity contribution is 9.10. The normalized spacial score (nSPS) is 10.7. The zero-order chi connectivity index (χ0) is 13.1. The van der Waals surface area contributed by atoms with Crippen molar-refractivity contribution in [1.82, 2.24) is 9.78 Å². The van der Waals surface area contributed by atoms with E-state index in [4.69, 9.17) is 4.74 Å². The summed E-state index contributed by atoms with van der Waals surface area (Å²) in [6.07, 6.45) is 0.971. The van der Waals surface area contributed by atoms with Crippen LogP contribution in [-0.2, 0) is 13.0 Å². The Morgan fingerprint density at radius 2 is 1.89 bits per heavy atom. The summed E-state index contributed by atoms with van der Waals surface area (Å²) >= 11 is 3.55. The molecule has 1 aromatic carbocycles. The van der Waals surface area contributed by atoms with E-state index in [-0.39, 0.29) is 0 Å². The fourth-order valence-corrected chi connectivity index (χ4v) is 2.20. The first-order chi connectivity index (χ1) is 8.61. The van der Waals surface area contributed by atoms with Crippen molar-refractivity contribution < 1.29 is 4.74 Å². The Kier molecular flexibility index (Phi) is 4.07. The van der Waals surface area contributed by atoms with Gasteiger partial charge in [0.2, 0.25) is 0 Å². The number of ether oxygens (including phenoxy) is 1. The maximum atomic E-state index is 5.15. The van der Waals surface area contributed by atoms with Crippen LogP contribution in [0.15, 0.2) is 28.7 Å². The van der Waals surface area contributed by atoms with Gasteiger partial charge >= 0.3 is 0 Å². The molecule has 0 bridgehead atoms. The lowest BCUT2D eigenvalue weighted by molar-refractivity contribution is 0.414. The Bertz CT molecular complexity index is 531. The van der Waals surface area contributed by atoms with Crippen molar-refractivity contribution in [1.29, 1.82) is 0 Å². The lowest BCUT2D eigenvalue weighted by atomic mass is 10.1. The summed E-state index contributed by atoms with van der Waals surface area (Å²) in [5, 5.41) is 4.50. The molecule has 0 unspecified atom stereocenters. The average molecular weight is 309 g/mol. The number of methoxy groups -OCH3 is 1. The SMILES string of the molecule is COc1ccc(CCn2nc(C)c(Br)c2C)cc1.